The molecule has 128 valence electrons. The monoisotopic (exact) mass is 375 g/mol. The van der Waals surface area contributed by atoms with E-state index in [1.54, 1.807) is 24.3 Å². The van der Waals surface area contributed by atoms with Crippen LogP contribution in [0.4, 0.5) is 10.1 Å². The van der Waals surface area contributed by atoms with Crippen LogP contribution < -0.4 is 10.1 Å². The summed E-state index contributed by atoms with van der Waals surface area (Å²) in [6.45, 7) is 2.27. The zero-order chi connectivity index (χ0) is 17.8. The number of carbonyl (C=O) groups is 1. The quantitative estimate of drug-likeness (QED) is 0.623. The summed E-state index contributed by atoms with van der Waals surface area (Å²) in [4.78, 5) is 12.8. The first-order valence-electron chi connectivity index (χ1n) is 7.54. The highest BCUT2D eigenvalue weighted by Gasteiger charge is 2.11. The van der Waals surface area contributed by atoms with Gasteiger partial charge in [-0.2, -0.15) is 0 Å². The van der Waals surface area contributed by atoms with Gasteiger partial charge in [-0.05, 0) is 54.3 Å². The number of hydrogen-bond donors (Lipinski definition) is 1. The summed E-state index contributed by atoms with van der Waals surface area (Å²) in [7, 11) is 0. The average molecular weight is 376 g/mol. The molecule has 0 saturated carbocycles. The van der Waals surface area contributed by atoms with Crippen LogP contribution in [0.3, 0.4) is 0 Å². The molecule has 3 aromatic rings. The van der Waals surface area contributed by atoms with Crippen LogP contribution in [0.2, 0.25) is 5.02 Å². The number of ether oxygens (including phenoxy) is 1. The smallest absolute Gasteiger partial charge is 0.265 e. The number of rotatable bonds is 5. The molecule has 0 unspecified atom stereocenters. The number of halogens is 2. The molecule has 6 heteroatoms. The Hall–Kier alpha value is -2.37. The summed E-state index contributed by atoms with van der Waals surface area (Å²) >= 11 is 7.41. The van der Waals surface area contributed by atoms with Crippen molar-refractivity contribution in [2.45, 2.75) is 13.5 Å². The molecule has 25 heavy (non-hydrogen) atoms. The van der Waals surface area contributed by atoms with E-state index in [4.69, 9.17) is 16.3 Å². The highest BCUT2D eigenvalue weighted by molar-refractivity contribution is 7.12. The number of benzene rings is 2. The molecule has 0 aliphatic heterocycles. The first-order valence-corrected chi connectivity index (χ1v) is 8.80. The number of aryl methyl sites for hydroxylation is 1. The topological polar surface area (TPSA) is 38.3 Å². The van der Waals surface area contributed by atoms with E-state index in [-0.39, 0.29) is 5.91 Å². The normalized spacial score (nSPS) is 10.5. The maximum absolute atomic E-state index is 13.2. The van der Waals surface area contributed by atoms with E-state index in [0.717, 1.165) is 11.1 Å². The third-order valence-electron chi connectivity index (χ3n) is 3.44. The van der Waals surface area contributed by atoms with Crippen LogP contribution in [0.15, 0.2) is 53.9 Å². The first kappa shape index (κ1) is 17.5. The Balaban J connectivity index is 1.63. The fourth-order valence-corrected chi connectivity index (χ4v) is 3.18. The van der Waals surface area contributed by atoms with Gasteiger partial charge in [0.2, 0.25) is 0 Å². The third kappa shape index (κ3) is 4.59. The Morgan fingerprint density at radius 1 is 1.24 bits per heavy atom. The van der Waals surface area contributed by atoms with Crippen LogP contribution in [0.1, 0.15) is 20.8 Å². The molecule has 0 bridgehead atoms. The molecule has 1 N–H and O–H groups in total. The first-order chi connectivity index (χ1) is 12.0. The van der Waals surface area contributed by atoms with Crippen molar-refractivity contribution in [1.29, 1.82) is 0 Å². The predicted octanol–water partition coefficient (Wildman–Crippen LogP) is 5.68. The van der Waals surface area contributed by atoms with E-state index in [9.17, 15) is 9.18 Å². The van der Waals surface area contributed by atoms with Crippen molar-refractivity contribution in [3.63, 3.8) is 0 Å². The second-order valence-electron chi connectivity index (χ2n) is 5.51. The van der Waals surface area contributed by atoms with Gasteiger partial charge in [-0.1, -0.05) is 23.7 Å². The lowest BCUT2D eigenvalue weighted by atomic mass is 10.2. The maximum Gasteiger partial charge on any atom is 0.265 e. The standard InChI is InChI=1S/C19H15ClFNO2S/c1-12-5-6-16(20)17(7-12)24-10-13-8-18(25-11-13)19(23)22-15-4-2-3-14(21)9-15/h2-9,11H,10H2,1H3,(H,22,23). The fraction of sp³-hybridized carbons (Fsp3) is 0.105. The van der Waals surface area contributed by atoms with E-state index < -0.39 is 5.82 Å². The zero-order valence-electron chi connectivity index (χ0n) is 13.4. The Morgan fingerprint density at radius 2 is 2.08 bits per heavy atom. The van der Waals surface area contributed by atoms with Gasteiger partial charge in [0, 0.05) is 11.3 Å². The number of carbonyl (C=O) groups excluding carboxylic acids is 1. The van der Waals surface area contributed by atoms with Crippen molar-refractivity contribution in [1.82, 2.24) is 0 Å². The summed E-state index contributed by atoms with van der Waals surface area (Å²) in [5.74, 6) is -0.0674. The van der Waals surface area contributed by atoms with Gasteiger partial charge in [-0.3, -0.25) is 4.79 Å². The Bertz CT molecular complexity index is 910. The van der Waals surface area contributed by atoms with Gasteiger partial charge >= 0.3 is 0 Å². The summed E-state index contributed by atoms with van der Waals surface area (Å²) in [5, 5.41) is 5.07. The molecule has 0 radical (unpaired) electrons. The van der Waals surface area contributed by atoms with Crippen molar-refractivity contribution < 1.29 is 13.9 Å². The fourth-order valence-electron chi connectivity index (χ4n) is 2.21. The van der Waals surface area contributed by atoms with Gasteiger partial charge < -0.3 is 10.1 Å². The zero-order valence-corrected chi connectivity index (χ0v) is 15.0. The molecule has 0 aliphatic rings. The van der Waals surface area contributed by atoms with Crippen LogP contribution in [0.5, 0.6) is 5.75 Å². The van der Waals surface area contributed by atoms with Gasteiger partial charge in [-0.25, -0.2) is 4.39 Å². The van der Waals surface area contributed by atoms with Crippen molar-refractivity contribution in [2.75, 3.05) is 5.32 Å². The van der Waals surface area contributed by atoms with E-state index in [2.05, 4.69) is 5.32 Å². The van der Waals surface area contributed by atoms with Crippen molar-refractivity contribution in [3.8, 4) is 5.75 Å². The Morgan fingerprint density at radius 3 is 2.88 bits per heavy atom. The molecule has 0 atom stereocenters. The van der Waals surface area contributed by atoms with E-state index in [1.807, 2.05) is 24.4 Å². The molecule has 0 aliphatic carbocycles. The summed E-state index contributed by atoms with van der Waals surface area (Å²) < 4.78 is 18.9. The average Bonchev–Trinajstić information content (AvgIpc) is 3.05. The van der Waals surface area contributed by atoms with Gasteiger partial charge in [0.05, 0.1) is 9.90 Å². The summed E-state index contributed by atoms with van der Waals surface area (Å²) in [6.07, 6.45) is 0. The van der Waals surface area contributed by atoms with Crippen LogP contribution in [0, 0.1) is 12.7 Å². The minimum Gasteiger partial charge on any atom is -0.487 e. The van der Waals surface area contributed by atoms with Gasteiger partial charge in [-0.15, -0.1) is 11.3 Å². The summed E-state index contributed by atoms with van der Waals surface area (Å²) in [5.41, 5.74) is 2.34. The molecule has 3 rings (SSSR count). The Labute approximate surface area is 154 Å². The lowest BCUT2D eigenvalue weighted by Gasteiger charge is -2.07. The van der Waals surface area contributed by atoms with Crippen molar-refractivity contribution in [2.24, 2.45) is 0 Å². The highest BCUT2D eigenvalue weighted by Crippen LogP contribution is 2.27. The second-order valence-corrected chi connectivity index (χ2v) is 6.82. The second kappa shape index (κ2) is 7.68. The number of anilines is 1. The molecule has 0 saturated heterocycles. The molecule has 0 spiro atoms. The van der Waals surface area contributed by atoms with E-state index in [1.165, 1.54) is 23.5 Å². The Kier molecular flexibility index (Phi) is 5.36. The summed E-state index contributed by atoms with van der Waals surface area (Å²) in [6, 6.07) is 13.1. The van der Waals surface area contributed by atoms with Crippen LogP contribution >= 0.6 is 22.9 Å². The number of amides is 1. The van der Waals surface area contributed by atoms with Crippen molar-refractivity contribution in [3.05, 3.63) is 80.8 Å². The molecule has 2 aromatic carbocycles. The van der Waals surface area contributed by atoms with Crippen LogP contribution in [-0.4, -0.2) is 5.91 Å². The number of hydrogen-bond acceptors (Lipinski definition) is 3. The minimum atomic E-state index is -0.395. The van der Waals surface area contributed by atoms with Gasteiger partial charge in [0.25, 0.3) is 5.91 Å². The molecular formula is C19H15ClFNO2S. The SMILES string of the molecule is Cc1ccc(Cl)c(OCc2csc(C(=O)Nc3cccc(F)c3)c2)c1. The minimum absolute atomic E-state index is 0.282. The number of nitrogens with one attached hydrogen (secondary N) is 1. The van der Waals surface area contributed by atoms with Gasteiger partial charge in [0.15, 0.2) is 0 Å². The molecular weight excluding hydrogens is 361 g/mol. The van der Waals surface area contributed by atoms with Crippen molar-refractivity contribution >= 4 is 34.5 Å². The lowest BCUT2D eigenvalue weighted by molar-refractivity contribution is 0.103. The lowest BCUT2D eigenvalue weighted by Crippen LogP contribution is -2.10. The van der Waals surface area contributed by atoms with E-state index >= 15 is 0 Å². The highest BCUT2D eigenvalue weighted by atomic mass is 35.5. The van der Waals surface area contributed by atoms with Gasteiger partial charge in [0.1, 0.15) is 18.2 Å². The maximum atomic E-state index is 13.2. The molecule has 1 aromatic heterocycles. The molecule has 0 fully saturated rings. The van der Waals surface area contributed by atoms with Crippen LogP contribution in [-0.2, 0) is 6.61 Å². The van der Waals surface area contributed by atoms with E-state index in [0.29, 0.717) is 27.9 Å². The molecule has 1 heterocycles. The predicted molar refractivity (Wildman–Crippen MR) is 99.2 cm³/mol. The molecule has 1 amide bonds. The third-order valence-corrected chi connectivity index (χ3v) is 4.73. The molecule has 3 nitrogen and oxygen atoms in total. The number of thiophene rings is 1. The van der Waals surface area contributed by atoms with Crippen LogP contribution in [0.25, 0.3) is 0 Å². The largest absolute Gasteiger partial charge is 0.487 e.